The number of esters is 1. The summed E-state index contributed by atoms with van der Waals surface area (Å²) in [5.41, 5.74) is 6.24. The van der Waals surface area contributed by atoms with Crippen molar-refractivity contribution in [2.24, 2.45) is 0 Å². The van der Waals surface area contributed by atoms with Crippen molar-refractivity contribution in [1.29, 1.82) is 0 Å². The van der Waals surface area contributed by atoms with Crippen LogP contribution in [0.15, 0.2) is 35.1 Å². The van der Waals surface area contributed by atoms with Crippen molar-refractivity contribution in [3.63, 3.8) is 0 Å². The molecule has 0 atom stereocenters. The van der Waals surface area contributed by atoms with Crippen molar-refractivity contribution >= 4 is 27.4 Å². The Kier molecular flexibility index (Phi) is 7.39. The van der Waals surface area contributed by atoms with Crippen LogP contribution < -0.4 is 0 Å². The van der Waals surface area contributed by atoms with Gasteiger partial charge in [0.1, 0.15) is 0 Å². The third-order valence-electron chi connectivity index (χ3n) is 4.81. The van der Waals surface area contributed by atoms with Gasteiger partial charge in [-0.2, -0.15) is 5.10 Å². The first kappa shape index (κ1) is 21.5. The van der Waals surface area contributed by atoms with Crippen LogP contribution in [-0.4, -0.2) is 34.3 Å². The first-order valence-electron chi connectivity index (χ1n) is 9.86. The first-order chi connectivity index (χ1) is 14.1. The predicted octanol–water partition coefficient (Wildman–Crippen LogP) is 4.75. The van der Waals surface area contributed by atoms with Crippen molar-refractivity contribution in [3.8, 4) is 11.1 Å². The molecule has 7 heteroatoms. The minimum absolute atomic E-state index is 0.170. The number of fused-ring (bicyclic) bond motifs is 1. The zero-order chi connectivity index (χ0) is 20.8. The average molecular weight is 460 g/mol. The van der Waals surface area contributed by atoms with E-state index >= 15 is 0 Å². The number of pyridine rings is 1. The third kappa shape index (κ3) is 4.85. The Labute approximate surface area is 179 Å². The van der Waals surface area contributed by atoms with E-state index < -0.39 is 0 Å². The molecule has 6 nitrogen and oxygen atoms in total. The fourth-order valence-electron chi connectivity index (χ4n) is 3.56. The van der Waals surface area contributed by atoms with Gasteiger partial charge < -0.3 is 9.47 Å². The van der Waals surface area contributed by atoms with Crippen LogP contribution in [0.4, 0.5) is 0 Å². The number of rotatable bonds is 9. The second kappa shape index (κ2) is 9.98. The Hall–Kier alpha value is -2.25. The Bertz CT molecular complexity index is 1000. The zero-order valence-electron chi connectivity index (χ0n) is 17.1. The number of methoxy groups -OCH3 is 1. The van der Waals surface area contributed by atoms with Gasteiger partial charge in [-0.15, -0.1) is 0 Å². The Morgan fingerprint density at radius 2 is 2.07 bits per heavy atom. The van der Waals surface area contributed by atoms with Gasteiger partial charge in [0.15, 0.2) is 0 Å². The van der Waals surface area contributed by atoms with Gasteiger partial charge in [-0.05, 0) is 65.9 Å². The smallest absolute Gasteiger partial charge is 0.305 e. The van der Waals surface area contributed by atoms with E-state index in [4.69, 9.17) is 14.6 Å². The maximum atomic E-state index is 11.8. The lowest BCUT2D eigenvalue weighted by molar-refractivity contribution is -0.143. The molecule has 154 valence electrons. The van der Waals surface area contributed by atoms with Crippen LogP contribution >= 0.6 is 15.9 Å². The van der Waals surface area contributed by atoms with E-state index in [1.54, 1.807) is 13.3 Å². The number of hydrogen-bond acceptors (Lipinski definition) is 5. The molecule has 0 bridgehead atoms. The lowest BCUT2D eigenvalue weighted by atomic mass is 9.95. The minimum Gasteiger partial charge on any atom is -0.466 e. The zero-order valence-corrected chi connectivity index (χ0v) is 18.7. The summed E-state index contributed by atoms with van der Waals surface area (Å²) in [5.74, 6) is -0.170. The highest BCUT2D eigenvalue weighted by molar-refractivity contribution is 9.10. The van der Waals surface area contributed by atoms with Gasteiger partial charge in [0, 0.05) is 47.2 Å². The van der Waals surface area contributed by atoms with Gasteiger partial charge >= 0.3 is 5.97 Å². The van der Waals surface area contributed by atoms with Gasteiger partial charge in [0.25, 0.3) is 0 Å². The van der Waals surface area contributed by atoms with Crippen LogP contribution in [-0.2, 0) is 33.7 Å². The summed E-state index contributed by atoms with van der Waals surface area (Å²) in [6.07, 6.45) is 6.28. The Balaban J connectivity index is 2.13. The Morgan fingerprint density at radius 1 is 1.24 bits per heavy atom. The van der Waals surface area contributed by atoms with Gasteiger partial charge in [0.2, 0.25) is 0 Å². The van der Waals surface area contributed by atoms with Gasteiger partial charge in [-0.1, -0.05) is 6.92 Å². The van der Waals surface area contributed by atoms with Gasteiger partial charge in [-0.25, -0.2) is 4.52 Å². The van der Waals surface area contributed by atoms with E-state index in [9.17, 15) is 4.79 Å². The molecule has 0 N–H and O–H groups in total. The summed E-state index contributed by atoms with van der Waals surface area (Å²) in [4.78, 5) is 16.2. The second-order valence-corrected chi connectivity index (χ2v) is 7.67. The molecule has 0 aliphatic heterocycles. The van der Waals surface area contributed by atoms with Crippen LogP contribution in [0.25, 0.3) is 16.6 Å². The molecule has 0 aliphatic carbocycles. The number of halogens is 1. The number of aryl methyl sites for hydroxylation is 1. The fraction of sp³-hybridized carbons (Fsp3) is 0.409. The number of carbonyl (C=O) groups is 1. The third-order valence-corrected chi connectivity index (χ3v) is 5.24. The van der Waals surface area contributed by atoms with Gasteiger partial charge in [-0.3, -0.25) is 9.78 Å². The summed E-state index contributed by atoms with van der Waals surface area (Å²) in [6, 6.07) is 6.27. The molecule has 3 rings (SSSR count). The number of carbonyl (C=O) groups excluding carboxylic acids is 1. The molecule has 0 aliphatic rings. The predicted molar refractivity (Wildman–Crippen MR) is 116 cm³/mol. The lowest BCUT2D eigenvalue weighted by Crippen LogP contribution is -2.11. The molecule has 0 unspecified atom stereocenters. The highest BCUT2D eigenvalue weighted by Crippen LogP contribution is 2.33. The fourth-order valence-corrected chi connectivity index (χ4v) is 3.93. The normalized spacial score (nSPS) is 11.2. The molecule has 0 aromatic carbocycles. The number of nitrogens with zero attached hydrogens (tertiary/aromatic N) is 3. The highest BCUT2D eigenvalue weighted by atomic mass is 79.9. The van der Waals surface area contributed by atoms with E-state index in [1.807, 2.05) is 17.6 Å². The van der Waals surface area contributed by atoms with Crippen LogP contribution in [0.2, 0.25) is 0 Å². The summed E-state index contributed by atoms with van der Waals surface area (Å²) < 4.78 is 13.4. The molecule has 3 aromatic heterocycles. The molecular weight excluding hydrogens is 434 g/mol. The standard InChI is InChI=1S/C22H26BrN3O3/c1-4-17-9-10-20-22(15-11-16(23)13-24-12-15)18(7-6-8-21(27)29-5-2)19(14-28-3)25-26(17)20/h9-13H,4-8,14H2,1-3H3. The van der Waals surface area contributed by atoms with E-state index in [0.29, 0.717) is 32.5 Å². The molecular formula is C22H26BrN3O3. The summed E-state index contributed by atoms with van der Waals surface area (Å²) >= 11 is 3.53. The van der Waals surface area contributed by atoms with Crippen molar-refractivity contribution in [3.05, 3.63) is 52.0 Å². The Morgan fingerprint density at radius 3 is 2.76 bits per heavy atom. The summed E-state index contributed by atoms with van der Waals surface area (Å²) in [6.45, 7) is 4.75. The highest BCUT2D eigenvalue weighted by Gasteiger charge is 2.19. The number of aromatic nitrogens is 3. The van der Waals surface area contributed by atoms with Crippen LogP contribution in [0, 0.1) is 0 Å². The summed E-state index contributed by atoms with van der Waals surface area (Å²) in [5, 5.41) is 4.88. The molecule has 29 heavy (non-hydrogen) atoms. The first-order valence-corrected chi connectivity index (χ1v) is 10.7. The molecule has 0 fully saturated rings. The van der Waals surface area contributed by atoms with Crippen molar-refractivity contribution in [2.45, 2.75) is 46.1 Å². The average Bonchev–Trinajstić information content (AvgIpc) is 3.11. The molecule has 3 aromatic rings. The number of ether oxygens (including phenoxy) is 2. The van der Waals surface area contributed by atoms with E-state index in [1.165, 1.54) is 0 Å². The minimum atomic E-state index is -0.170. The lowest BCUT2D eigenvalue weighted by Gasteiger charge is -2.17. The topological polar surface area (TPSA) is 65.7 Å². The van der Waals surface area contributed by atoms with E-state index in [0.717, 1.165) is 44.5 Å². The van der Waals surface area contributed by atoms with E-state index in [2.05, 4.69) is 46.0 Å². The van der Waals surface area contributed by atoms with Crippen molar-refractivity contribution in [2.75, 3.05) is 13.7 Å². The van der Waals surface area contributed by atoms with Crippen molar-refractivity contribution in [1.82, 2.24) is 14.6 Å². The van der Waals surface area contributed by atoms with Crippen LogP contribution in [0.1, 0.15) is 43.6 Å². The molecule has 0 saturated heterocycles. The maximum absolute atomic E-state index is 11.8. The van der Waals surface area contributed by atoms with Gasteiger partial charge in [0.05, 0.1) is 24.4 Å². The van der Waals surface area contributed by atoms with Crippen LogP contribution in [0.3, 0.4) is 0 Å². The second-order valence-electron chi connectivity index (χ2n) is 6.76. The molecule has 0 amide bonds. The van der Waals surface area contributed by atoms with Crippen molar-refractivity contribution < 1.29 is 14.3 Å². The largest absolute Gasteiger partial charge is 0.466 e. The molecule has 0 spiro atoms. The van der Waals surface area contributed by atoms with E-state index in [-0.39, 0.29) is 5.97 Å². The summed E-state index contributed by atoms with van der Waals surface area (Å²) in [7, 11) is 1.67. The van der Waals surface area contributed by atoms with Crippen LogP contribution in [0.5, 0.6) is 0 Å². The molecule has 0 saturated carbocycles. The number of hydrogen-bond donors (Lipinski definition) is 0. The molecule has 0 radical (unpaired) electrons. The molecule has 3 heterocycles. The SMILES string of the molecule is CCOC(=O)CCCc1c(COC)nn2c(CC)ccc2c1-c1cncc(Br)c1. The quantitative estimate of drug-likeness (QED) is 0.431. The maximum Gasteiger partial charge on any atom is 0.305 e. The monoisotopic (exact) mass is 459 g/mol.